The third-order valence-corrected chi connectivity index (χ3v) is 4.25. The van der Waals surface area contributed by atoms with Crippen LogP contribution in [0.25, 0.3) is 0 Å². The molecule has 0 aliphatic heterocycles. The predicted octanol–water partition coefficient (Wildman–Crippen LogP) is 2.58. The molecule has 4 heteroatoms. The minimum atomic E-state index is 0.689. The van der Waals surface area contributed by atoms with Gasteiger partial charge in [0.05, 0.1) is 0 Å². The summed E-state index contributed by atoms with van der Waals surface area (Å²) in [7, 11) is 0. The van der Waals surface area contributed by atoms with Gasteiger partial charge in [-0.3, -0.25) is 5.10 Å². The molecule has 1 fully saturated rings. The van der Waals surface area contributed by atoms with E-state index in [0.717, 1.165) is 31.1 Å². The number of rotatable bonds is 6. The highest BCUT2D eigenvalue weighted by Gasteiger charge is 2.30. The topological polar surface area (TPSA) is 53.6 Å². The van der Waals surface area contributed by atoms with Crippen molar-refractivity contribution in [2.24, 2.45) is 0 Å². The van der Waals surface area contributed by atoms with Gasteiger partial charge in [0.1, 0.15) is 12.2 Å². The normalized spacial score (nSPS) is 21.6. The first-order chi connectivity index (χ1) is 9.83. The van der Waals surface area contributed by atoms with Gasteiger partial charge in [-0.2, -0.15) is 5.10 Å². The molecule has 2 N–H and O–H groups in total. The van der Waals surface area contributed by atoms with Crippen LogP contribution in [0, 0.1) is 6.92 Å². The first-order valence-electron chi connectivity index (χ1n) is 7.46. The van der Waals surface area contributed by atoms with Gasteiger partial charge < -0.3 is 5.32 Å². The van der Waals surface area contributed by atoms with Crippen LogP contribution in [0.15, 0.2) is 30.6 Å². The van der Waals surface area contributed by atoms with E-state index in [9.17, 15) is 0 Å². The van der Waals surface area contributed by atoms with Gasteiger partial charge in [0, 0.05) is 12.5 Å². The molecule has 0 amide bonds. The highest BCUT2D eigenvalue weighted by atomic mass is 15.2. The molecule has 2 aromatic rings. The fourth-order valence-electron chi connectivity index (χ4n) is 3.00. The van der Waals surface area contributed by atoms with Crippen LogP contribution in [0.5, 0.6) is 0 Å². The van der Waals surface area contributed by atoms with Crippen molar-refractivity contribution in [2.45, 2.75) is 44.6 Å². The highest BCUT2D eigenvalue weighted by molar-refractivity contribution is 5.31. The van der Waals surface area contributed by atoms with Crippen LogP contribution in [0.2, 0.25) is 0 Å². The SMILES string of the molecule is Cc1ccccc1C1CC(NCCCc2ncn[nH]2)C1. The predicted molar refractivity (Wildman–Crippen MR) is 79.6 cm³/mol. The first-order valence-corrected chi connectivity index (χ1v) is 7.46. The van der Waals surface area contributed by atoms with E-state index < -0.39 is 0 Å². The summed E-state index contributed by atoms with van der Waals surface area (Å²) in [5, 5.41) is 10.4. The van der Waals surface area contributed by atoms with E-state index >= 15 is 0 Å². The fourth-order valence-corrected chi connectivity index (χ4v) is 3.00. The molecular weight excluding hydrogens is 248 g/mol. The van der Waals surface area contributed by atoms with Crippen LogP contribution in [0.1, 0.15) is 42.1 Å². The van der Waals surface area contributed by atoms with Crippen LogP contribution in [0.4, 0.5) is 0 Å². The quantitative estimate of drug-likeness (QED) is 0.793. The van der Waals surface area contributed by atoms with Gasteiger partial charge in [-0.05, 0) is 49.8 Å². The summed E-state index contributed by atoms with van der Waals surface area (Å²) >= 11 is 0. The maximum absolute atomic E-state index is 4.13. The van der Waals surface area contributed by atoms with Crippen molar-refractivity contribution >= 4 is 0 Å². The second-order valence-electron chi connectivity index (χ2n) is 5.71. The lowest BCUT2D eigenvalue weighted by molar-refractivity contribution is 0.290. The molecule has 1 aliphatic rings. The average Bonchev–Trinajstić information content (AvgIpc) is 2.91. The molecule has 0 atom stereocenters. The van der Waals surface area contributed by atoms with E-state index in [4.69, 9.17) is 0 Å². The lowest BCUT2D eigenvalue weighted by Gasteiger charge is -2.37. The second-order valence-corrected chi connectivity index (χ2v) is 5.71. The molecule has 106 valence electrons. The highest BCUT2D eigenvalue weighted by Crippen LogP contribution is 2.38. The monoisotopic (exact) mass is 270 g/mol. The van der Waals surface area contributed by atoms with Gasteiger partial charge in [-0.25, -0.2) is 4.98 Å². The summed E-state index contributed by atoms with van der Waals surface area (Å²) in [5.41, 5.74) is 2.97. The van der Waals surface area contributed by atoms with E-state index in [-0.39, 0.29) is 0 Å². The van der Waals surface area contributed by atoms with Crippen molar-refractivity contribution in [3.63, 3.8) is 0 Å². The van der Waals surface area contributed by atoms with Crippen molar-refractivity contribution in [2.75, 3.05) is 6.54 Å². The molecule has 1 aromatic carbocycles. The Kier molecular flexibility index (Phi) is 4.11. The van der Waals surface area contributed by atoms with Gasteiger partial charge in [0.15, 0.2) is 0 Å². The molecule has 0 bridgehead atoms. The van der Waals surface area contributed by atoms with Gasteiger partial charge in [0.25, 0.3) is 0 Å². The summed E-state index contributed by atoms with van der Waals surface area (Å²) in [6.07, 6.45) is 6.20. The summed E-state index contributed by atoms with van der Waals surface area (Å²) in [5.74, 6) is 1.74. The van der Waals surface area contributed by atoms with E-state index in [0.29, 0.717) is 6.04 Å². The number of hydrogen-bond acceptors (Lipinski definition) is 3. The molecule has 4 nitrogen and oxygen atoms in total. The molecule has 1 aromatic heterocycles. The Morgan fingerprint density at radius 1 is 1.30 bits per heavy atom. The van der Waals surface area contributed by atoms with Crippen LogP contribution in [-0.2, 0) is 6.42 Å². The largest absolute Gasteiger partial charge is 0.314 e. The zero-order valence-corrected chi connectivity index (χ0v) is 12.0. The third-order valence-electron chi connectivity index (χ3n) is 4.25. The Morgan fingerprint density at radius 3 is 2.90 bits per heavy atom. The standard InChI is InChI=1S/C16H22N4/c1-12-5-2-3-6-15(12)13-9-14(10-13)17-8-4-7-16-18-11-19-20-16/h2-3,5-6,11,13-14,17H,4,7-10H2,1H3,(H,18,19,20). The molecule has 0 unspecified atom stereocenters. The second kappa shape index (κ2) is 6.18. The molecule has 1 heterocycles. The molecule has 0 saturated heterocycles. The molecule has 0 radical (unpaired) electrons. The van der Waals surface area contributed by atoms with Crippen molar-refractivity contribution in [3.05, 3.63) is 47.5 Å². The number of H-pyrrole nitrogens is 1. The molecule has 1 saturated carbocycles. The lowest BCUT2D eigenvalue weighted by Crippen LogP contribution is -2.40. The molecule has 1 aliphatic carbocycles. The van der Waals surface area contributed by atoms with Crippen molar-refractivity contribution in [3.8, 4) is 0 Å². The maximum atomic E-state index is 4.13. The number of aromatic amines is 1. The van der Waals surface area contributed by atoms with Crippen LogP contribution in [-0.4, -0.2) is 27.8 Å². The Morgan fingerprint density at radius 2 is 2.15 bits per heavy atom. The van der Waals surface area contributed by atoms with Crippen LogP contribution in [0.3, 0.4) is 0 Å². The van der Waals surface area contributed by atoms with E-state index in [2.05, 4.69) is 51.7 Å². The summed E-state index contributed by atoms with van der Waals surface area (Å²) in [6.45, 7) is 3.28. The van der Waals surface area contributed by atoms with Crippen LogP contribution < -0.4 is 5.32 Å². The van der Waals surface area contributed by atoms with Gasteiger partial charge in [0.2, 0.25) is 0 Å². The van der Waals surface area contributed by atoms with Crippen molar-refractivity contribution in [1.82, 2.24) is 20.5 Å². The number of benzene rings is 1. The first kappa shape index (κ1) is 13.3. The van der Waals surface area contributed by atoms with Crippen molar-refractivity contribution < 1.29 is 0 Å². The minimum Gasteiger partial charge on any atom is -0.314 e. The van der Waals surface area contributed by atoms with E-state index in [1.165, 1.54) is 24.0 Å². The summed E-state index contributed by atoms with van der Waals surface area (Å²) in [4.78, 5) is 4.13. The number of nitrogens with zero attached hydrogens (tertiary/aromatic N) is 2. The Labute approximate surface area is 120 Å². The number of nitrogens with one attached hydrogen (secondary N) is 2. The summed E-state index contributed by atoms with van der Waals surface area (Å²) < 4.78 is 0. The Bertz CT molecular complexity index is 529. The summed E-state index contributed by atoms with van der Waals surface area (Å²) in [6, 6.07) is 9.46. The number of hydrogen-bond donors (Lipinski definition) is 2. The van der Waals surface area contributed by atoms with E-state index in [1.54, 1.807) is 6.33 Å². The molecular formula is C16H22N4. The maximum Gasteiger partial charge on any atom is 0.137 e. The Balaban J connectivity index is 1.35. The van der Waals surface area contributed by atoms with Gasteiger partial charge in [-0.15, -0.1) is 0 Å². The van der Waals surface area contributed by atoms with E-state index in [1.807, 2.05) is 0 Å². The fraction of sp³-hybridized carbons (Fsp3) is 0.500. The molecule has 0 spiro atoms. The average molecular weight is 270 g/mol. The smallest absolute Gasteiger partial charge is 0.137 e. The van der Waals surface area contributed by atoms with Crippen LogP contribution >= 0.6 is 0 Å². The van der Waals surface area contributed by atoms with Gasteiger partial charge in [-0.1, -0.05) is 24.3 Å². The van der Waals surface area contributed by atoms with Crippen molar-refractivity contribution in [1.29, 1.82) is 0 Å². The molecule has 3 rings (SSSR count). The minimum absolute atomic E-state index is 0.689. The number of aromatic nitrogens is 3. The lowest BCUT2D eigenvalue weighted by atomic mass is 9.74. The third kappa shape index (κ3) is 3.07. The zero-order chi connectivity index (χ0) is 13.8. The molecule has 20 heavy (non-hydrogen) atoms. The zero-order valence-electron chi connectivity index (χ0n) is 12.0. The Hall–Kier alpha value is -1.68. The van der Waals surface area contributed by atoms with Gasteiger partial charge >= 0.3 is 0 Å². The number of aryl methyl sites for hydroxylation is 2.